The largest absolute Gasteiger partial charge is 0.497 e. The van der Waals surface area contributed by atoms with E-state index < -0.39 is 5.97 Å². The van der Waals surface area contributed by atoms with Crippen molar-refractivity contribution in [1.82, 2.24) is 0 Å². The summed E-state index contributed by atoms with van der Waals surface area (Å²) in [7, 11) is 1.61. The minimum Gasteiger partial charge on any atom is -0.497 e. The lowest BCUT2D eigenvalue weighted by Crippen LogP contribution is -2.12. The van der Waals surface area contributed by atoms with E-state index in [-0.39, 0.29) is 12.3 Å². The van der Waals surface area contributed by atoms with Crippen molar-refractivity contribution in [1.29, 1.82) is 0 Å². The summed E-state index contributed by atoms with van der Waals surface area (Å²) >= 11 is 0. The molecule has 0 saturated heterocycles. The number of anilines is 1. The van der Waals surface area contributed by atoms with Gasteiger partial charge in [-0.2, -0.15) is 0 Å². The van der Waals surface area contributed by atoms with E-state index in [9.17, 15) is 9.59 Å². The second-order valence-corrected chi connectivity index (χ2v) is 5.77. The predicted molar refractivity (Wildman–Crippen MR) is 98.8 cm³/mol. The van der Waals surface area contributed by atoms with Crippen LogP contribution in [0.3, 0.4) is 0 Å². The third-order valence-corrected chi connectivity index (χ3v) is 3.74. The number of benzene rings is 2. The van der Waals surface area contributed by atoms with Crippen molar-refractivity contribution in [2.45, 2.75) is 25.7 Å². The molecule has 0 aliphatic rings. The summed E-state index contributed by atoms with van der Waals surface area (Å²) in [5.41, 5.74) is 1.63. The Bertz CT molecular complexity index is 710. The molecule has 6 nitrogen and oxygen atoms in total. The molecule has 2 aromatic carbocycles. The summed E-state index contributed by atoms with van der Waals surface area (Å²) in [4.78, 5) is 22.5. The lowest BCUT2D eigenvalue weighted by molar-refractivity contribution is -0.137. The fraction of sp³-hybridized carbons (Fsp3) is 0.300. The molecule has 2 aromatic rings. The Hall–Kier alpha value is -3.02. The van der Waals surface area contributed by atoms with Gasteiger partial charge >= 0.3 is 5.97 Å². The Balaban J connectivity index is 1.67. The first-order valence-electron chi connectivity index (χ1n) is 8.44. The van der Waals surface area contributed by atoms with Gasteiger partial charge in [0.25, 0.3) is 0 Å². The first-order valence-corrected chi connectivity index (χ1v) is 8.44. The monoisotopic (exact) mass is 357 g/mol. The average molecular weight is 357 g/mol. The molecule has 0 atom stereocenters. The fourth-order valence-electron chi connectivity index (χ4n) is 2.32. The lowest BCUT2D eigenvalue weighted by atomic mass is 10.1. The number of aliphatic carboxylic acids is 1. The number of methoxy groups -OCH3 is 1. The van der Waals surface area contributed by atoms with Crippen molar-refractivity contribution in [2.24, 2.45) is 0 Å². The smallest absolute Gasteiger partial charge is 0.303 e. The molecular formula is C20H23NO5. The van der Waals surface area contributed by atoms with Gasteiger partial charge in [0.05, 0.1) is 13.7 Å². The third kappa shape index (κ3) is 6.84. The molecule has 0 spiro atoms. The van der Waals surface area contributed by atoms with E-state index in [2.05, 4.69) is 5.32 Å². The van der Waals surface area contributed by atoms with Crippen molar-refractivity contribution in [3.05, 3.63) is 54.1 Å². The highest BCUT2D eigenvalue weighted by Crippen LogP contribution is 2.17. The molecule has 138 valence electrons. The van der Waals surface area contributed by atoms with Crippen LogP contribution in [0.5, 0.6) is 11.5 Å². The van der Waals surface area contributed by atoms with E-state index in [4.69, 9.17) is 14.6 Å². The van der Waals surface area contributed by atoms with Crippen LogP contribution in [0.4, 0.5) is 5.69 Å². The van der Waals surface area contributed by atoms with Gasteiger partial charge in [-0.25, -0.2) is 0 Å². The quantitative estimate of drug-likeness (QED) is 0.636. The summed E-state index contributed by atoms with van der Waals surface area (Å²) in [6.45, 7) is 0.452. The van der Waals surface area contributed by atoms with Crippen LogP contribution in [0, 0.1) is 0 Å². The zero-order chi connectivity index (χ0) is 18.8. The van der Waals surface area contributed by atoms with E-state index in [0.29, 0.717) is 31.6 Å². The van der Waals surface area contributed by atoms with Crippen LogP contribution in [0.2, 0.25) is 0 Å². The van der Waals surface area contributed by atoms with Crippen molar-refractivity contribution in [3.63, 3.8) is 0 Å². The molecule has 0 saturated carbocycles. The normalized spacial score (nSPS) is 10.2. The maximum absolute atomic E-state index is 11.9. The summed E-state index contributed by atoms with van der Waals surface area (Å²) in [6.07, 6.45) is 1.54. The third-order valence-electron chi connectivity index (χ3n) is 3.74. The molecule has 2 N–H and O–H groups in total. The Labute approximate surface area is 152 Å². The lowest BCUT2D eigenvalue weighted by Gasteiger charge is -2.08. The molecule has 0 radical (unpaired) electrons. The molecule has 0 bridgehead atoms. The highest BCUT2D eigenvalue weighted by Gasteiger charge is 2.04. The highest BCUT2D eigenvalue weighted by molar-refractivity contribution is 5.90. The standard InChI is InChI=1S/C20H23NO5/c1-25-17-9-11-18(12-10-17)26-14-2-3-19(22)21-16-7-4-15(5-8-16)6-13-20(23)24/h4-5,7-12H,2-3,6,13-14H2,1H3,(H,21,22)(H,23,24). The molecule has 0 heterocycles. The Kier molecular flexibility index (Phi) is 7.49. The number of nitrogens with one attached hydrogen (secondary N) is 1. The number of carboxylic acids is 1. The van der Waals surface area contributed by atoms with Gasteiger partial charge in [-0.1, -0.05) is 12.1 Å². The number of carbonyl (C=O) groups is 2. The van der Waals surface area contributed by atoms with Crippen LogP contribution in [0.25, 0.3) is 0 Å². The van der Waals surface area contributed by atoms with E-state index in [0.717, 1.165) is 17.1 Å². The maximum Gasteiger partial charge on any atom is 0.303 e. The summed E-state index contributed by atoms with van der Waals surface area (Å²) < 4.78 is 10.7. The molecule has 2 rings (SSSR count). The van der Waals surface area contributed by atoms with E-state index in [1.165, 1.54) is 0 Å². The van der Waals surface area contributed by atoms with Crippen molar-refractivity contribution in [3.8, 4) is 11.5 Å². The van der Waals surface area contributed by atoms with Crippen LogP contribution in [0.15, 0.2) is 48.5 Å². The number of carbonyl (C=O) groups excluding carboxylic acids is 1. The number of hydrogen-bond donors (Lipinski definition) is 2. The van der Waals surface area contributed by atoms with Crippen molar-refractivity contribution in [2.75, 3.05) is 19.0 Å². The summed E-state index contributed by atoms with van der Waals surface area (Å²) in [5, 5.41) is 11.5. The van der Waals surface area contributed by atoms with Crippen LogP contribution < -0.4 is 14.8 Å². The first-order chi connectivity index (χ1) is 12.6. The molecule has 0 aromatic heterocycles. The van der Waals surface area contributed by atoms with Gasteiger partial charge < -0.3 is 19.9 Å². The Morgan fingerprint density at radius 3 is 2.23 bits per heavy atom. The van der Waals surface area contributed by atoms with Gasteiger partial charge in [0.2, 0.25) is 5.91 Å². The summed E-state index contributed by atoms with van der Waals surface area (Å²) in [6, 6.07) is 14.5. The number of rotatable bonds is 10. The van der Waals surface area contributed by atoms with E-state index in [1.54, 1.807) is 19.2 Å². The zero-order valence-corrected chi connectivity index (χ0v) is 14.7. The average Bonchev–Trinajstić information content (AvgIpc) is 2.65. The minimum absolute atomic E-state index is 0.0818. The number of amides is 1. The summed E-state index contributed by atoms with van der Waals surface area (Å²) in [5.74, 6) is 0.606. The highest BCUT2D eigenvalue weighted by atomic mass is 16.5. The molecule has 0 fully saturated rings. The van der Waals surface area contributed by atoms with Gasteiger partial charge in [0, 0.05) is 18.5 Å². The number of ether oxygens (including phenoxy) is 2. The number of aryl methyl sites for hydroxylation is 1. The Morgan fingerprint density at radius 1 is 0.962 bits per heavy atom. The molecule has 0 unspecified atom stereocenters. The zero-order valence-electron chi connectivity index (χ0n) is 14.7. The van der Waals surface area contributed by atoms with Crippen LogP contribution in [-0.4, -0.2) is 30.7 Å². The topological polar surface area (TPSA) is 84.9 Å². The van der Waals surface area contributed by atoms with Crippen molar-refractivity contribution >= 4 is 17.6 Å². The number of hydrogen-bond acceptors (Lipinski definition) is 4. The SMILES string of the molecule is COc1ccc(OCCCC(=O)Nc2ccc(CCC(=O)O)cc2)cc1. The fourth-order valence-corrected chi connectivity index (χ4v) is 2.32. The van der Waals surface area contributed by atoms with Gasteiger partial charge in [-0.3, -0.25) is 9.59 Å². The molecule has 0 aliphatic heterocycles. The molecule has 0 aliphatic carbocycles. The number of carboxylic acid groups (broad SMARTS) is 1. The van der Waals surface area contributed by atoms with Crippen LogP contribution >= 0.6 is 0 Å². The maximum atomic E-state index is 11.9. The molecule has 6 heteroatoms. The first kappa shape index (κ1) is 19.3. The van der Waals surface area contributed by atoms with E-state index in [1.807, 2.05) is 36.4 Å². The van der Waals surface area contributed by atoms with Crippen LogP contribution in [-0.2, 0) is 16.0 Å². The minimum atomic E-state index is -0.820. The van der Waals surface area contributed by atoms with Gasteiger partial charge in [0.15, 0.2) is 0 Å². The second kappa shape index (κ2) is 10.1. The van der Waals surface area contributed by atoms with Crippen LogP contribution in [0.1, 0.15) is 24.8 Å². The van der Waals surface area contributed by atoms with Gasteiger partial charge in [0.1, 0.15) is 11.5 Å². The van der Waals surface area contributed by atoms with Crippen molar-refractivity contribution < 1.29 is 24.2 Å². The van der Waals surface area contributed by atoms with Gasteiger partial charge in [-0.15, -0.1) is 0 Å². The Morgan fingerprint density at radius 2 is 1.62 bits per heavy atom. The molecule has 26 heavy (non-hydrogen) atoms. The van der Waals surface area contributed by atoms with Gasteiger partial charge in [-0.05, 0) is 54.8 Å². The predicted octanol–water partition coefficient (Wildman–Crippen LogP) is 3.51. The van der Waals surface area contributed by atoms with E-state index >= 15 is 0 Å². The second-order valence-electron chi connectivity index (χ2n) is 5.77. The molecule has 1 amide bonds. The molecular weight excluding hydrogens is 334 g/mol.